The zero-order chi connectivity index (χ0) is 17.3. The highest BCUT2D eigenvalue weighted by Crippen LogP contribution is 2.35. The summed E-state index contributed by atoms with van der Waals surface area (Å²) >= 11 is 0. The molecule has 5 aromatic rings. The van der Waals surface area contributed by atoms with Gasteiger partial charge in [-0.15, -0.1) is 0 Å². The van der Waals surface area contributed by atoms with Crippen molar-refractivity contribution in [3.05, 3.63) is 103 Å². The van der Waals surface area contributed by atoms with Crippen molar-refractivity contribution in [3.63, 3.8) is 0 Å². The van der Waals surface area contributed by atoms with Crippen molar-refractivity contribution >= 4 is 21.5 Å². The van der Waals surface area contributed by atoms with Gasteiger partial charge in [0.05, 0.1) is 5.69 Å². The van der Waals surface area contributed by atoms with E-state index in [0.29, 0.717) is 0 Å². The lowest BCUT2D eigenvalue weighted by Gasteiger charge is -2.12. The molecule has 0 aliphatic rings. The highest BCUT2D eigenvalue weighted by molar-refractivity contribution is 6.13. The first-order valence-corrected chi connectivity index (χ1v) is 8.82. The highest BCUT2D eigenvalue weighted by atomic mass is 14.7. The van der Waals surface area contributed by atoms with E-state index in [1.54, 1.807) is 0 Å². The van der Waals surface area contributed by atoms with Crippen molar-refractivity contribution in [2.45, 2.75) is 0 Å². The normalized spacial score (nSPS) is 11.1. The van der Waals surface area contributed by atoms with Crippen LogP contribution in [0.2, 0.25) is 0 Å². The summed E-state index contributed by atoms with van der Waals surface area (Å²) in [5.41, 5.74) is 4.62. The maximum atomic E-state index is 4.50. The van der Waals surface area contributed by atoms with Gasteiger partial charge in [0.25, 0.3) is 0 Å². The van der Waals surface area contributed by atoms with E-state index in [0.717, 1.165) is 11.3 Å². The van der Waals surface area contributed by atoms with Gasteiger partial charge in [-0.1, -0.05) is 72.8 Å². The summed E-state index contributed by atoms with van der Waals surface area (Å²) in [5.74, 6) is 0. The van der Waals surface area contributed by atoms with Gasteiger partial charge in [0.15, 0.2) is 0 Å². The van der Waals surface area contributed by atoms with Crippen molar-refractivity contribution in [1.82, 2.24) is 4.98 Å². The first-order valence-electron chi connectivity index (χ1n) is 8.82. The zero-order valence-corrected chi connectivity index (χ0v) is 14.3. The Bertz CT molecular complexity index is 1220. The summed E-state index contributed by atoms with van der Waals surface area (Å²) in [4.78, 5) is 4.50. The lowest BCUT2D eigenvalue weighted by molar-refractivity contribution is 1.33. The van der Waals surface area contributed by atoms with E-state index >= 15 is 0 Å². The van der Waals surface area contributed by atoms with Crippen molar-refractivity contribution in [1.29, 1.82) is 0 Å². The Morgan fingerprint density at radius 3 is 2.08 bits per heavy atom. The molecule has 122 valence electrons. The third-order valence-electron chi connectivity index (χ3n) is 4.90. The second kappa shape index (κ2) is 6.12. The maximum Gasteiger partial charge on any atom is 0.0702 e. The minimum Gasteiger partial charge on any atom is -0.256 e. The van der Waals surface area contributed by atoms with Crippen LogP contribution in [0.5, 0.6) is 0 Å². The third-order valence-corrected chi connectivity index (χ3v) is 4.90. The van der Waals surface area contributed by atoms with Crippen LogP contribution >= 0.6 is 0 Å². The minimum absolute atomic E-state index is 0.999. The Morgan fingerprint density at radius 2 is 1.23 bits per heavy atom. The molecule has 0 bridgehead atoms. The SMILES string of the molecule is c1ccc(-c2cccc(-c3cc4ccccc4c4ccccc34)c2)nc1. The molecular weight excluding hydrogens is 314 g/mol. The van der Waals surface area contributed by atoms with Gasteiger partial charge in [0.2, 0.25) is 0 Å². The number of aromatic nitrogens is 1. The Morgan fingerprint density at radius 1 is 0.500 bits per heavy atom. The number of benzene rings is 4. The van der Waals surface area contributed by atoms with Crippen LogP contribution in [0.25, 0.3) is 43.9 Å². The van der Waals surface area contributed by atoms with Crippen LogP contribution in [0.1, 0.15) is 0 Å². The molecule has 0 unspecified atom stereocenters. The summed E-state index contributed by atoms with van der Waals surface area (Å²) in [6, 6.07) is 34.2. The molecule has 1 nitrogen and oxygen atoms in total. The van der Waals surface area contributed by atoms with Gasteiger partial charge in [-0.05, 0) is 56.9 Å². The topological polar surface area (TPSA) is 12.9 Å². The summed E-state index contributed by atoms with van der Waals surface area (Å²) in [5, 5.41) is 5.14. The molecule has 0 saturated heterocycles. The first kappa shape index (κ1) is 14.9. The third kappa shape index (κ3) is 2.46. The van der Waals surface area contributed by atoms with Crippen LogP contribution < -0.4 is 0 Å². The van der Waals surface area contributed by atoms with E-state index in [-0.39, 0.29) is 0 Å². The Hall–Kier alpha value is -3.45. The molecule has 4 aromatic carbocycles. The standard InChI is InChI=1S/C25H17N/c1-2-11-21-19(8-1)17-24(23-13-4-3-12-22(21)23)18-9-7-10-20(16-18)25-14-5-6-15-26-25/h1-17H. The van der Waals surface area contributed by atoms with Crippen molar-refractivity contribution in [3.8, 4) is 22.4 Å². The summed E-state index contributed by atoms with van der Waals surface area (Å²) in [7, 11) is 0. The van der Waals surface area contributed by atoms with Crippen LogP contribution in [0.15, 0.2) is 103 Å². The number of hydrogen-bond acceptors (Lipinski definition) is 1. The van der Waals surface area contributed by atoms with Gasteiger partial charge in [0, 0.05) is 11.8 Å². The zero-order valence-electron chi connectivity index (χ0n) is 14.3. The fourth-order valence-electron chi connectivity index (χ4n) is 3.67. The van der Waals surface area contributed by atoms with E-state index in [1.807, 2.05) is 18.3 Å². The lowest BCUT2D eigenvalue weighted by atomic mass is 9.92. The summed E-state index contributed by atoms with van der Waals surface area (Å²) < 4.78 is 0. The fraction of sp³-hybridized carbons (Fsp3) is 0. The van der Waals surface area contributed by atoms with Crippen LogP contribution in [0, 0.1) is 0 Å². The Kier molecular flexibility index (Phi) is 3.50. The molecule has 0 aliphatic heterocycles. The van der Waals surface area contributed by atoms with Gasteiger partial charge in [0.1, 0.15) is 0 Å². The van der Waals surface area contributed by atoms with Gasteiger partial charge < -0.3 is 0 Å². The minimum atomic E-state index is 0.999. The second-order valence-electron chi connectivity index (χ2n) is 6.49. The number of rotatable bonds is 2. The van der Waals surface area contributed by atoms with Crippen LogP contribution in [0.4, 0.5) is 0 Å². The van der Waals surface area contributed by atoms with E-state index in [1.165, 1.54) is 32.7 Å². The van der Waals surface area contributed by atoms with Crippen molar-refractivity contribution < 1.29 is 0 Å². The molecular formula is C25H17N. The molecule has 0 amide bonds. The molecule has 1 heterocycles. The molecule has 0 fully saturated rings. The number of pyridine rings is 1. The van der Waals surface area contributed by atoms with Gasteiger partial charge in [-0.25, -0.2) is 0 Å². The van der Waals surface area contributed by atoms with Gasteiger partial charge >= 0.3 is 0 Å². The van der Waals surface area contributed by atoms with E-state index in [9.17, 15) is 0 Å². The van der Waals surface area contributed by atoms with E-state index in [4.69, 9.17) is 0 Å². The number of fused-ring (bicyclic) bond motifs is 3. The molecule has 0 N–H and O–H groups in total. The quantitative estimate of drug-likeness (QED) is 0.327. The Balaban J connectivity index is 1.79. The maximum absolute atomic E-state index is 4.50. The lowest BCUT2D eigenvalue weighted by Crippen LogP contribution is -1.86. The Labute approximate surface area is 152 Å². The monoisotopic (exact) mass is 331 g/mol. The van der Waals surface area contributed by atoms with Crippen molar-refractivity contribution in [2.24, 2.45) is 0 Å². The fourth-order valence-corrected chi connectivity index (χ4v) is 3.67. The van der Waals surface area contributed by atoms with E-state index in [2.05, 4.69) is 89.9 Å². The predicted molar refractivity (Wildman–Crippen MR) is 110 cm³/mol. The van der Waals surface area contributed by atoms with E-state index < -0.39 is 0 Å². The smallest absolute Gasteiger partial charge is 0.0702 e. The molecule has 26 heavy (non-hydrogen) atoms. The largest absolute Gasteiger partial charge is 0.256 e. The molecule has 1 aromatic heterocycles. The molecule has 0 saturated carbocycles. The molecule has 5 rings (SSSR count). The number of hydrogen-bond donors (Lipinski definition) is 0. The number of nitrogens with zero attached hydrogens (tertiary/aromatic N) is 1. The van der Waals surface area contributed by atoms with Crippen molar-refractivity contribution in [2.75, 3.05) is 0 Å². The van der Waals surface area contributed by atoms with Crippen LogP contribution in [-0.2, 0) is 0 Å². The van der Waals surface area contributed by atoms with Crippen LogP contribution in [0.3, 0.4) is 0 Å². The molecule has 0 aliphatic carbocycles. The van der Waals surface area contributed by atoms with Crippen LogP contribution in [-0.4, -0.2) is 4.98 Å². The molecule has 1 heteroatoms. The summed E-state index contributed by atoms with van der Waals surface area (Å²) in [6.45, 7) is 0. The second-order valence-corrected chi connectivity index (χ2v) is 6.49. The van der Waals surface area contributed by atoms with Gasteiger partial charge in [-0.3, -0.25) is 4.98 Å². The first-order chi connectivity index (χ1) is 12.9. The molecule has 0 spiro atoms. The average Bonchev–Trinajstić information content (AvgIpc) is 2.74. The highest BCUT2D eigenvalue weighted by Gasteiger charge is 2.09. The molecule has 0 radical (unpaired) electrons. The summed E-state index contributed by atoms with van der Waals surface area (Å²) in [6.07, 6.45) is 1.84. The molecule has 0 atom stereocenters. The van der Waals surface area contributed by atoms with Gasteiger partial charge in [-0.2, -0.15) is 0 Å². The predicted octanol–water partition coefficient (Wildman–Crippen LogP) is 6.72. The average molecular weight is 331 g/mol.